The van der Waals surface area contributed by atoms with Crippen LogP contribution in [0.15, 0.2) is 0 Å². The number of aromatic nitrogens is 24. The van der Waals surface area contributed by atoms with Crippen LogP contribution in [0.1, 0.15) is 0 Å². The SMILES string of the molecule is Nc1nn[nH]n1.Nc1nn[nH]n1.Nc1nn[nH]n1.Nc1nn[nH]n1.Nc1nn[nH]n1.Nc1nn[nH]n1.[Cu+2].[O-][Cl+3]([O-])([O-])[O-].[O-][Cl+3]([O-])([O-])[O-]. The van der Waals surface area contributed by atoms with E-state index >= 15 is 0 Å². The molecule has 6 aromatic rings. The van der Waals surface area contributed by atoms with Crippen LogP contribution in [0.25, 0.3) is 0 Å². The summed E-state index contributed by atoms with van der Waals surface area (Å²) in [4.78, 5) is 0. The fourth-order valence-corrected chi connectivity index (χ4v) is 1.02. The molecule has 0 saturated carbocycles. The minimum atomic E-state index is -4.94. The van der Waals surface area contributed by atoms with Crippen molar-refractivity contribution >= 4 is 35.7 Å². The van der Waals surface area contributed by atoms with Crippen LogP contribution < -0.4 is 71.7 Å². The number of hydrogen-bond acceptors (Lipinski definition) is 32. The van der Waals surface area contributed by atoms with E-state index in [9.17, 15) is 0 Å². The number of anilines is 6. The molecule has 0 spiro atoms. The number of hydrogen-bond donors (Lipinski definition) is 12. The quantitative estimate of drug-likeness (QED) is 0.0638. The normalized spacial score (nSPS) is 9.19. The maximum atomic E-state index is 8.49. The van der Waals surface area contributed by atoms with E-state index in [1.165, 1.54) is 0 Å². The molecule has 0 aromatic carbocycles. The van der Waals surface area contributed by atoms with E-state index in [1.54, 1.807) is 0 Å². The molecule has 0 amide bonds. The monoisotopic (exact) mass is 771 g/mol. The molecule has 1 radical (unpaired) electrons. The Labute approximate surface area is 268 Å². The molecule has 0 atom stereocenters. The van der Waals surface area contributed by atoms with Gasteiger partial charge in [0.2, 0.25) is 0 Å². The topological polar surface area (TPSA) is 667 Å². The van der Waals surface area contributed by atoms with Gasteiger partial charge in [0, 0.05) is 0 Å². The third-order valence-electron chi connectivity index (χ3n) is 2.17. The maximum absolute atomic E-state index is 8.49. The second kappa shape index (κ2) is 26.4. The van der Waals surface area contributed by atoms with Crippen molar-refractivity contribution in [2.24, 2.45) is 0 Å². The number of nitrogen functional groups attached to an aromatic ring is 6. The molecule has 18 N–H and O–H groups in total. The van der Waals surface area contributed by atoms with Crippen molar-refractivity contribution in [3.8, 4) is 0 Å². The molecule has 6 heterocycles. The minimum absolute atomic E-state index is 0. The first-order valence-corrected chi connectivity index (χ1v) is 12.0. The van der Waals surface area contributed by atoms with Gasteiger partial charge in [0.05, 0.1) is 0 Å². The standard InChI is InChI=1S/6CH3N5.2ClHO4.Cu/c6*2-1-3-5-6-4-1;2*2-1(3,4)5;/h6*(H3,2,3,4,5,6);2*(H,2,3,4,5);/q;;;;;;;;+2/p-2. The Bertz CT molecular complexity index is 1100. The molecule has 0 aliphatic rings. The smallest absolute Gasteiger partial charge is 0.365 e. The van der Waals surface area contributed by atoms with Crippen molar-refractivity contribution in [3.63, 3.8) is 0 Å². The largest absolute Gasteiger partial charge is 2.00 e. The summed E-state index contributed by atoms with van der Waals surface area (Å²) in [5, 5.41) is 72.2. The summed E-state index contributed by atoms with van der Waals surface area (Å²) in [5.41, 5.74) is 29.8. The number of nitrogens with zero attached hydrogens (tertiary/aromatic N) is 18. The van der Waals surface area contributed by atoms with E-state index in [-0.39, 0.29) is 52.8 Å². The molecule has 265 valence electrons. The van der Waals surface area contributed by atoms with Crippen molar-refractivity contribution in [1.29, 1.82) is 0 Å². The van der Waals surface area contributed by atoms with Gasteiger partial charge < -0.3 is 34.4 Å². The molecule has 41 heteroatoms. The van der Waals surface area contributed by atoms with Crippen LogP contribution in [0, 0.1) is 20.5 Å². The molecular formula is C6H18Cl2CuN30O8. The predicted molar refractivity (Wildman–Crippen MR) is 112 cm³/mol. The number of nitrogens with one attached hydrogen (secondary N) is 6. The fraction of sp³-hybridized carbons (Fsp3) is 0. The average Bonchev–Trinajstić information content (AvgIpc) is 3.75. The van der Waals surface area contributed by atoms with Crippen LogP contribution in [0.4, 0.5) is 35.7 Å². The van der Waals surface area contributed by atoms with E-state index < -0.39 is 20.5 Å². The van der Waals surface area contributed by atoms with Crippen molar-refractivity contribution in [2.75, 3.05) is 34.4 Å². The van der Waals surface area contributed by atoms with Crippen molar-refractivity contribution < 1.29 is 74.8 Å². The number of H-pyrrole nitrogens is 6. The summed E-state index contributed by atoms with van der Waals surface area (Å²) < 4.78 is 67.9. The molecule has 0 bridgehead atoms. The van der Waals surface area contributed by atoms with Crippen molar-refractivity contribution in [1.82, 2.24) is 124 Å². The Hall–Kier alpha value is -6.00. The number of aromatic amines is 6. The molecule has 6 aromatic heterocycles. The van der Waals surface area contributed by atoms with Crippen LogP contribution in [0.3, 0.4) is 0 Å². The van der Waals surface area contributed by atoms with Crippen LogP contribution in [-0.2, 0) is 17.1 Å². The Morgan fingerprint density at radius 3 is 0.447 bits per heavy atom. The molecule has 38 nitrogen and oxygen atoms in total. The zero-order valence-electron chi connectivity index (χ0n) is 21.8. The Kier molecular flexibility index (Phi) is 25.5. The van der Waals surface area contributed by atoms with E-state index in [0.717, 1.165) is 0 Å². The molecule has 0 aliphatic carbocycles. The summed E-state index contributed by atoms with van der Waals surface area (Å²) in [5.74, 6) is 1.06. The third kappa shape index (κ3) is 44.6. The first-order chi connectivity index (χ1) is 21.4. The first kappa shape index (κ1) is 45.4. The van der Waals surface area contributed by atoms with Gasteiger partial charge in [0.25, 0.3) is 35.7 Å². The second-order valence-corrected chi connectivity index (χ2v) is 6.89. The van der Waals surface area contributed by atoms with Gasteiger partial charge in [-0.3, -0.25) is 0 Å². The fourth-order valence-electron chi connectivity index (χ4n) is 1.02. The number of rotatable bonds is 0. The second-order valence-electron chi connectivity index (χ2n) is 5.38. The van der Waals surface area contributed by atoms with E-state index in [1.807, 2.05) is 0 Å². The van der Waals surface area contributed by atoms with Gasteiger partial charge in [0.1, 0.15) is 0 Å². The number of nitrogens with two attached hydrogens (primary N) is 6. The van der Waals surface area contributed by atoms with Crippen molar-refractivity contribution in [3.05, 3.63) is 0 Å². The van der Waals surface area contributed by atoms with Gasteiger partial charge in [-0.2, -0.15) is 31.3 Å². The summed E-state index contributed by atoms with van der Waals surface area (Å²) in [6, 6.07) is 0. The van der Waals surface area contributed by atoms with Gasteiger partial charge in [-0.25, -0.2) is 37.3 Å². The Morgan fingerprint density at radius 1 is 0.319 bits per heavy atom. The molecule has 0 aliphatic heterocycles. The van der Waals surface area contributed by atoms with Crippen LogP contribution >= 0.6 is 0 Å². The van der Waals surface area contributed by atoms with E-state index in [4.69, 9.17) is 71.7 Å². The predicted octanol–water partition coefficient (Wildman–Crippen LogP) is -16.8. The average molecular weight is 773 g/mol. The van der Waals surface area contributed by atoms with Gasteiger partial charge in [-0.05, 0) is 31.3 Å². The van der Waals surface area contributed by atoms with Gasteiger partial charge in [0.15, 0.2) is 0 Å². The minimum Gasteiger partial charge on any atom is -0.365 e. The zero-order chi connectivity index (χ0) is 35.4. The summed E-state index contributed by atoms with van der Waals surface area (Å²) in [7, 11) is -9.89. The van der Waals surface area contributed by atoms with Crippen LogP contribution in [0.5, 0.6) is 0 Å². The summed E-state index contributed by atoms with van der Waals surface area (Å²) in [6.07, 6.45) is 0. The molecule has 47 heavy (non-hydrogen) atoms. The Balaban J connectivity index is -0.000000470. The van der Waals surface area contributed by atoms with Crippen LogP contribution in [-0.4, -0.2) is 124 Å². The molecule has 6 rings (SSSR count). The number of tetrazole rings is 6. The number of halogens is 2. The van der Waals surface area contributed by atoms with Gasteiger partial charge in [-0.1, -0.05) is 30.6 Å². The Morgan fingerprint density at radius 2 is 0.426 bits per heavy atom. The summed E-state index contributed by atoms with van der Waals surface area (Å²) >= 11 is 0. The van der Waals surface area contributed by atoms with Gasteiger partial charge in [-0.15, -0.1) is 51.1 Å². The zero-order valence-corrected chi connectivity index (χ0v) is 24.3. The van der Waals surface area contributed by atoms with Gasteiger partial charge >= 0.3 is 17.1 Å². The van der Waals surface area contributed by atoms with E-state index in [2.05, 4.69) is 124 Å². The van der Waals surface area contributed by atoms with Crippen molar-refractivity contribution in [2.45, 2.75) is 0 Å². The van der Waals surface area contributed by atoms with E-state index in [0.29, 0.717) is 0 Å². The molecule has 0 saturated heterocycles. The third-order valence-corrected chi connectivity index (χ3v) is 2.17. The first-order valence-electron chi connectivity index (χ1n) is 9.53. The van der Waals surface area contributed by atoms with Crippen LogP contribution in [0.2, 0.25) is 0 Å². The molecule has 0 fully saturated rings. The molecule has 0 unspecified atom stereocenters. The maximum Gasteiger partial charge on any atom is 2.00 e. The molecular weight excluding hydrogens is 755 g/mol. The summed E-state index contributed by atoms with van der Waals surface area (Å²) in [6.45, 7) is 0.